The monoisotopic (exact) mass is 351 g/mol. The molecule has 0 aliphatic heterocycles. The third-order valence-corrected chi connectivity index (χ3v) is 4.24. The first-order valence-corrected chi connectivity index (χ1v) is 8.69. The van der Waals surface area contributed by atoms with Gasteiger partial charge in [-0.3, -0.25) is 4.99 Å². The molecule has 0 saturated heterocycles. The molecule has 0 unspecified atom stereocenters. The van der Waals surface area contributed by atoms with Gasteiger partial charge in [-0.1, -0.05) is 66.7 Å². The fraction of sp³-hybridized carbons (Fsp3) is 0. The first-order chi connectivity index (χ1) is 13.3. The molecule has 0 N–H and O–H groups in total. The van der Waals surface area contributed by atoms with Gasteiger partial charge < -0.3 is 4.74 Å². The zero-order valence-corrected chi connectivity index (χ0v) is 14.6. The van der Waals surface area contributed by atoms with Crippen molar-refractivity contribution in [1.29, 1.82) is 0 Å². The van der Waals surface area contributed by atoms with Crippen LogP contribution in [-0.2, 0) is 0 Å². The molecule has 4 aromatic rings. The lowest BCUT2D eigenvalue weighted by Gasteiger charge is -2.07. The van der Waals surface area contributed by atoms with Crippen molar-refractivity contribution in [2.75, 3.05) is 0 Å². The third kappa shape index (κ3) is 3.77. The Labute approximate surface area is 157 Å². The number of hydrogen-bond acceptors (Lipinski definition) is 3. The van der Waals surface area contributed by atoms with Gasteiger partial charge in [0, 0.05) is 17.2 Å². The number of esters is 1. The van der Waals surface area contributed by atoms with E-state index < -0.39 is 0 Å². The fourth-order valence-corrected chi connectivity index (χ4v) is 2.87. The quantitative estimate of drug-likeness (QED) is 0.264. The molecule has 0 heterocycles. The first-order valence-electron chi connectivity index (χ1n) is 8.69. The zero-order valence-electron chi connectivity index (χ0n) is 14.6. The van der Waals surface area contributed by atoms with Crippen LogP contribution in [-0.4, -0.2) is 12.2 Å². The predicted molar refractivity (Wildman–Crippen MR) is 109 cm³/mol. The van der Waals surface area contributed by atoms with Crippen LogP contribution in [0.2, 0.25) is 0 Å². The highest BCUT2D eigenvalue weighted by atomic mass is 16.5. The average molecular weight is 351 g/mol. The van der Waals surface area contributed by atoms with E-state index in [0.29, 0.717) is 11.3 Å². The molecule has 3 nitrogen and oxygen atoms in total. The van der Waals surface area contributed by atoms with Gasteiger partial charge in [-0.25, -0.2) is 4.79 Å². The van der Waals surface area contributed by atoms with Crippen molar-refractivity contribution in [1.82, 2.24) is 0 Å². The van der Waals surface area contributed by atoms with E-state index in [1.54, 1.807) is 24.4 Å². The Morgan fingerprint density at radius 3 is 2.33 bits per heavy atom. The van der Waals surface area contributed by atoms with Crippen LogP contribution in [0.4, 0.5) is 5.69 Å². The summed E-state index contributed by atoms with van der Waals surface area (Å²) in [7, 11) is 0. The van der Waals surface area contributed by atoms with E-state index in [2.05, 4.69) is 17.1 Å². The molecule has 27 heavy (non-hydrogen) atoms. The van der Waals surface area contributed by atoms with Gasteiger partial charge in [0.2, 0.25) is 0 Å². The summed E-state index contributed by atoms with van der Waals surface area (Å²) in [5.74, 6) is 0.0944. The lowest BCUT2D eigenvalue weighted by atomic mass is 10.1. The number of aliphatic imine (C=N–C) groups is 1. The summed E-state index contributed by atoms with van der Waals surface area (Å²) in [6.45, 7) is 0. The molecule has 0 aliphatic rings. The maximum absolute atomic E-state index is 12.3. The number of hydrogen-bond donors (Lipinski definition) is 0. The summed E-state index contributed by atoms with van der Waals surface area (Å²) >= 11 is 0. The van der Waals surface area contributed by atoms with Crippen molar-refractivity contribution in [3.05, 3.63) is 108 Å². The smallest absolute Gasteiger partial charge is 0.343 e. The summed E-state index contributed by atoms with van der Waals surface area (Å²) in [6.07, 6.45) is 1.73. The molecular weight excluding hydrogens is 334 g/mol. The standard InChI is InChI=1S/C24H17NO2/c26-24(19-10-2-1-3-11-19)27-23-16-7-5-12-20(23)17-25-22-15-8-13-18-9-4-6-14-21(18)22/h1-17H. The molecule has 0 atom stereocenters. The van der Waals surface area contributed by atoms with E-state index in [1.807, 2.05) is 66.7 Å². The van der Waals surface area contributed by atoms with Gasteiger partial charge in [0.15, 0.2) is 0 Å². The normalized spacial score (nSPS) is 11.0. The summed E-state index contributed by atoms with van der Waals surface area (Å²) in [6, 6.07) is 30.4. The van der Waals surface area contributed by atoms with Gasteiger partial charge in [-0.15, -0.1) is 0 Å². The largest absolute Gasteiger partial charge is 0.422 e. The molecule has 130 valence electrons. The van der Waals surface area contributed by atoms with Crippen LogP contribution in [0.5, 0.6) is 5.75 Å². The highest BCUT2D eigenvalue weighted by Gasteiger charge is 2.10. The van der Waals surface area contributed by atoms with E-state index in [-0.39, 0.29) is 5.97 Å². The summed E-state index contributed by atoms with van der Waals surface area (Å²) in [4.78, 5) is 17.0. The van der Waals surface area contributed by atoms with Crippen molar-refractivity contribution in [2.24, 2.45) is 4.99 Å². The van der Waals surface area contributed by atoms with Gasteiger partial charge >= 0.3 is 5.97 Å². The highest BCUT2D eigenvalue weighted by molar-refractivity contribution is 5.97. The fourth-order valence-electron chi connectivity index (χ4n) is 2.87. The van der Waals surface area contributed by atoms with Crippen LogP contribution >= 0.6 is 0 Å². The topological polar surface area (TPSA) is 38.7 Å². The second kappa shape index (κ2) is 7.67. The molecule has 3 heteroatoms. The lowest BCUT2D eigenvalue weighted by Crippen LogP contribution is -2.09. The number of para-hydroxylation sites is 1. The number of benzene rings is 4. The minimum Gasteiger partial charge on any atom is -0.422 e. The van der Waals surface area contributed by atoms with Gasteiger partial charge in [0.25, 0.3) is 0 Å². The van der Waals surface area contributed by atoms with E-state index in [1.165, 1.54) is 0 Å². The first kappa shape index (κ1) is 16.7. The van der Waals surface area contributed by atoms with Gasteiger partial charge in [-0.2, -0.15) is 0 Å². The van der Waals surface area contributed by atoms with E-state index in [9.17, 15) is 4.79 Å². The van der Waals surface area contributed by atoms with E-state index in [0.717, 1.165) is 22.0 Å². The Morgan fingerprint density at radius 2 is 1.44 bits per heavy atom. The number of rotatable bonds is 4. The number of fused-ring (bicyclic) bond motifs is 1. The summed E-state index contributed by atoms with van der Waals surface area (Å²) < 4.78 is 5.58. The third-order valence-electron chi connectivity index (χ3n) is 4.24. The summed E-state index contributed by atoms with van der Waals surface area (Å²) in [5, 5.41) is 2.21. The van der Waals surface area contributed by atoms with Crippen LogP contribution in [0.25, 0.3) is 10.8 Å². The molecule has 4 rings (SSSR count). The van der Waals surface area contributed by atoms with Crippen LogP contribution in [0, 0.1) is 0 Å². The molecular formula is C24H17NO2. The molecule has 4 aromatic carbocycles. The van der Waals surface area contributed by atoms with Crippen LogP contribution < -0.4 is 4.74 Å². The Morgan fingerprint density at radius 1 is 0.741 bits per heavy atom. The maximum Gasteiger partial charge on any atom is 0.343 e. The predicted octanol–water partition coefficient (Wildman–Crippen LogP) is 5.81. The molecule has 0 aliphatic carbocycles. The average Bonchev–Trinajstić information content (AvgIpc) is 2.73. The second-order valence-corrected chi connectivity index (χ2v) is 6.05. The Kier molecular flexibility index (Phi) is 4.75. The number of ether oxygens (including phenoxy) is 1. The Hall–Kier alpha value is -3.72. The molecule has 0 radical (unpaired) electrons. The molecule has 0 aromatic heterocycles. The molecule has 0 fully saturated rings. The SMILES string of the molecule is O=C(Oc1ccccc1C=Nc1cccc2ccccc12)c1ccccc1. The number of nitrogens with zero attached hydrogens (tertiary/aromatic N) is 1. The maximum atomic E-state index is 12.3. The molecule has 0 saturated carbocycles. The van der Waals surface area contributed by atoms with Crippen molar-refractivity contribution in [3.8, 4) is 5.75 Å². The van der Waals surface area contributed by atoms with Crippen LogP contribution in [0.1, 0.15) is 15.9 Å². The Balaban J connectivity index is 1.63. The highest BCUT2D eigenvalue weighted by Crippen LogP contribution is 2.26. The van der Waals surface area contributed by atoms with Crippen molar-refractivity contribution >= 4 is 28.6 Å². The minimum absolute atomic E-state index is 0.387. The number of carbonyl (C=O) groups excluding carboxylic acids is 1. The van der Waals surface area contributed by atoms with Crippen LogP contribution in [0.3, 0.4) is 0 Å². The van der Waals surface area contributed by atoms with Crippen molar-refractivity contribution < 1.29 is 9.53 Å². The van der Waals surface area contributed by atoms with Crippen molar-refractivity contribution in [2.45, 2.75) is 0 Å². The van der Waals surface area contributed by atoms with Gasteiger partial charge in [-0.05, 0) is 35.7 Å². The molecule has 0 bridgehead atoms. The zero-order chi connectivity index (χ0) is 18.5. The number of carbonyl (C=O) groups is 1. The summed E-state index contributed by atoms with van der Waals surface area (Å²) in [5.41, 5.74) is 2.13. The molecule has 0 spiro atoms. The van der Waals surface area contributed by atoms with Gasteiger partial charge in [0.05, 0.1) is 11.3 Å². The van der Waals surface area contributed by atoms with Gasteiger partial charge in [0.1, 0.15) is 5.75 Å². The van der Waals surface area contributed by atoms with E-state index >= 15 is 0 Å². The lowest BCUT2D eigenvalue weighted by molar-refractivity contribution is 0.0734. The van der Waals surface area contributed by atoms with Crippen molar-refractivity contribution in [3.63, 3.8) is 0 Å². The molecule has 0 amide bonds. The van der Waals surface area contributed by atoms with E-state index in [4.69, 9.17) is 4.74 Å². The Bertz CT molecular complexity index is 1110. The van der Waals surface area contributed by atoms with Crippen LogP contribution in [0.15, 0.2) is 102 Å². The minimum atomic E-state index is -0.387. The second-order valence-electron chi connectivity index (χ2n) is 6.05.